The van der Waals surface area contributed by atoms with E-state index in [0.29, 0.717) is 38.4 Å². The summed E-state index contributed by atoms with van der Waals surface area (Å²) in [6, 6.07) is 3.24. The number of primary amides is 1. The maximum absolute atomic E-state index is 12.4. The lowest BCUT2D eigenvalue weighted by atomic mass is 10.1. The largest absolute Gasteiger partial charge is 0.369 e. The third-order valence-corrected chi connectivity index (χ3v) is 6.01. The molecule has 0 unspecified atom stereocenters. The first-order valence-corrected chi connectivity index (χ1v) is 8.84. The van der Waals surface area contributed by atoms with Crippen molar-refractivity contribution in [1.82, 2.24) is 9.29 Å². The highest BCUT2D eigenvalue weighted by atomic mass is 32.2. The fraction of sp³-hybridized carbons (Fsp3) is 0.571. The van der Waals surface area contributed by atoms with Crippen molar-refractivity contribution in [3.05, 3.63) is 18.3 Å². The van der Waals surface area contributed by atoms with Gasteiger partial charge in [0, 0.05) is 32.4 Å². The van der Waals surface area contributed by atoms with Crippen LogP contribution >= 0.6 is 0 Å². The third-order valence-electron chi connectivity index (χ3n) is 3.98. The number of hydrogen-bond acceptors (Lipinski definition) is 5. The Hall–Kier alpha value is -1.67. The highest BCUT2D eigenvalue weighted by Gasteiger charge is 2.28. The van der Waals surface area contributed by atoms with Crippen LogP contribution in [0, 0.1) is 5.92 Å². The number of rotatable bonds is 6. The molecule has 1 aliphatic heterocycles. The topological polar surface area (TPSA) is 96.6 Å². The summed E-state index contributed by atoms with van der Waals surface area (Å²) in [5.74, 6) is 0.200. The van der Waals surface area contributed by atoms with E-state index in [4.69, 9.17) is 5.73 Å². The van der Waals surface area contributed by atoms with Crippen LogP contribution in [0.4, 0.5) is 5.82 Å². The molecular formula is C14H22N4O3S. The van der Waals surface area contributed by atoms with Gasteiger partial charge in [-0.2, -0.15) is 4.31 Å². The van der Waals surface area contributed by atoms with E-state index in [1.165, 1.54) is 10.5 Å². The van der Waals surface area contributed by atoms with Gasteiger partial charge in [0.1, 0.15) is 10.7 Å². The molecule has 0 aromatic carbocycles. The summed E-state index contributed by atoms with van der Waals surface area (Å²) in [6.07, 6.45) is 2.08. The number of amides is 1. The molecule has 1 saturated heterocycles. The van der Waals surface area contributed by atoms with Crippen LogP contribution in [0.3, 0.4) is 0 Å². The monoisotopic (exact) mass is 326 g/mol. The van der Waals surface area contributed by atoms with Gasteiger partial charge < -0.3 is 10.6 Å². The summed E-state index contributed by atoms with van der Waals surface area (Å²) in [4.78, 5) is 17.6. The van der Waals surface area contributed by atoms with Crippen molar-refractivity contribution in [2.45, 2.75) is 25.2 Å². The first kappa shape index (κ1) is 16.7. The lowest BCUT2D eigenvalue weighted by molar-refractivity contribution is -0.121. The highest BCUT2D eigenvalue weighted by molar-refractivity contribution is 7.89. The minimum absolute atomic E-state index is 0.166. The average Bonchev–Trinajstić information content (AvgIpc) is 2.98. The number of sulfonamides is 1. The Morgan fingerprint density at radius 1 is 1.41 bits per heavy atom. The number of pyridine rings is 1. The van der Waals surface area contributed by atoms with Gasteiger partial charge in [-0.05, 0) is 18.6 Å². The Bertz CT molecular complexity index is 626. The summed E-state index contributed by atoms with van der Waals surface area (Å²) < 4.78 is 26.2. The molecular weight excluding hydrogens is 304 g/mol. The molecule has 0 radical (unpaired) electrons. The molecule has 1 aromatic heterocycles. The zero-order valence-electron chi connectivity index (χ0n) is 12.9. The summed E-state index contributed by atoms with van der Waals surface area (Å²) in [6.45, 7) is 5.68. The maximum Gasteiger partial charge on any atom is 0.244 e. The Labute approximate surface area is 131 Å². The molecule has 7 nitrogen and oxygen atoms in total. The van der Waals surface area contributed by atoms with E-state index in [-0.39, 0.29) is 16.7 Å². The SMILES string of the molecule is CCN(CC)S(=O)(=O)c1ccc(N2CC[C@@H](C(N)=O)C2)nc1. The van der Waals surface area contributed by atoms with E-state index in [2.05, 4.69) is 4.98 Å². The van der Waals surface area contributed by atoms with Crippen molar-refractivity contribution in [2.24, 2.45) is 11.7 Å². The van der Waals surface area contributed by atoms with Crippen LogP contribution < -0.4 is 10.6 Å². The average molecular weight is 326 g/mol. The number of nitrogens with zero attached hydrogens (tertiary/aromatic N) is 3. The molecule has 0 aliphatic carbocycles. The molecule has 1 aliphatic rings. The number of carbonyl (C=O) groups is 1. The van der Waals surface area contributed by atoms with Crippen molar-refractivity contribution in [1.29, 1.82) is 0 Å². The Morgan fingerprint density at radius 2 is 2.09 bits per heavy atom. The molecule has 1 amide bonds. The van der Waals surface area contributed by atoms with E-state index in [0.717, 1.165) is 0 Å². The van der Waals surface area contributed by atoms with Gasteiger partial charge in [-0.3, -0.25) is 4.79 Å². The van der Waals surface area contributed by atoms with Gasteiger partial charge in [0.2, 0.25) is 15.9 Å². The minimum atomic E-state index is -3.49. The van der Waals surface area contributed by atoms with E-state index in [1.54, 1.807) is 26.0 Å². The van der Waals surface area contributed by atoms with Crippen molar-refractivity contribution in [3.63, 3.8) is 0 Å². The van der Waals surface area contributed by atoms with Crippen LogP contribution in [0.2, 0.25) is 0 Å². The molecule has 1 atom stereocenters. The first-order valence-electron chi connectivity index (χ1n) is 7.40. The Kier molecular flexibility index (Phi) is 5.02. The Balaban J connectivity index is 2.16. The minimum Gasteiger partial charge on any atom is -0.369 e. The molecule has 2 N–H and O–H groups in total. The van der Waals surface area contributed by atoms with E-state index < -0.39 is 10.0 Å². The number of anilines is 1. The standard InChI is InChI=1S/C14H22N4O3S/c1-3-18(4-2)22(20,21)12-5-6-13(16-9-12)17-8-7-11(10-17)14(15)19/h5-6,9,11H,3-4,7-8,10H2,1-2H3,(H2,15,19)/t11-/m1/s1. The highest BCUT2D eigenvalue weighted by Crippen LogP contribution is 2.23. The molecule has 0 saturated carbocycles. The van der Waals surface area contributed by atoms with Crippen LogP contribution in [0.15, 0.2) is 23.2 Å². The van der Waals surface area contributed by atoms with Gasteiger partial charge in [0.25, 0.3) is 0 Å². The predicted octanol–water partition coefficient (Wildman–Crippen LogP) is 0.424. The van der Waals surface area contributed by atoms with Crippen LogP contribution in [-0.2, 0) is 14.8 Å². The lowest BCUT2D eigenvalue weighted by Crippen LogP contribution is -2.31. The number of nitrogens with two attached hydrogens (primary N) is 1. The zero-order valence-corrected chi connectivity index (χ0v) is 13.7. The van der Waals surface area contributed by atoms with Crippen molar-refractivity contribution in [3.8, 4) is 0 Å². The molecule has 8 heteroatoms. The van der Waals surface area contributed by atoms with Gasteiger partial charge >= 0.3 is 0 Å². The van der Waals surface area contributed by atoms with Gasteiger partial charge in [-0.15, -0.1) is 0 Å². The lowest BCUT2D eigenvalue weighted by Gasteiger charge is -2.20. The van der Waals surface area contributed by atoms with Gasteiger partial charge in [-0.1, -0.05) is 13.8 Å². The normalized spacial score (nSPS) is 18.9. The van der Waals surface area contributed by atoms with Crippen LogP contribution in [0.25, 0.3) is 0 Å². The Morgan fingerprint density at radius 3 is 2.55 bits per heavy atom. The molecule has 1 fully saturated rings. The zero-order chi connectivity index (χ0) is 16.3. The molecule has 122 valence electrons. The number of hydrogen-bond donors (Lipinski definition) is 1. The second-order valence-corrected chi connectivity index (χ2v) is 7.21. The van der Waals surface area contributed by atoms with Crippen molar-refractivity contribution in [2.75, 3.05) is 31.1 Å². The number of carbonyl (C=O) groups excluding carboxylic acids is 1. The van der Waals surface area contributed by atoms with Crippen LogP contribution in [0.5, 0.6) is 0 Å². The molecule has 0 bridgehead atoms. The van der Waals surface area contributed by atoms with Crippen molar-refractivity contribution >= 4 is 21.7 Å². The van der Waals surface area contributed by atoms with E-state index in [9.17, 15) is 13.2 Å². The molecule has 0 spiro atoms. The van der Waals surface area contributed by atoms with Crippen LogP contribution in [0.1, 0.15) is 20.3 Å². The molecule has 22 heavy (non-hydrogen) atoms. The second kappa shape index (κ2) is 6.62. The molecule has 1 aromatic rings. The van der Waals surface area contributed by atoms with Gasteiger partial charge in [-0.25, -0.2) is 13.4 Å². The fourth-order valence-corrected chi connectivity index (χ4v) is 4.03. The van der Waals surface area contributed by atoms with Gasteiger partial charge in [0.05, 0.1) is 5.92 Å². The number of aromatic nitrogens is 1. The van der Waals surface area contributed by atoms with E-state index >= 15 is 0 Å². The van der Waals surface area contributed by atoms with Crippen molar-refractivity contribution < 1.29 is 13.2 Å². The molecule has 2 rings (SSSR count). The van der Waals surface area contributed by atoms with E-state index in [1.807, 2.05) is 4.90 Å². The molecule has 2 heterocycles. The first-order chi connectivity index (χ1) is 10.4. The second-order valence-electron chi connectivity index (χ2n) is 5.28. The summed E-state index contributed by atoms with van der Waals surface area (Å²) in [5, 5.41) is 0. The summed E-state index contributed by atoms with van der Waals surface area (Å²) in [7, 11) is -3.49. The quantitative estimate of drug-likeness (QED) is 0.817. The summed E-state index contributed by atoms with van der Waals surface area (Å²) in [5.41, 5.74) is 5.31. The maximum atomic E-state index is 12.4. The van der Waals surface area contributed by atoms with Crippen LogP contribution in [-0.4, -0.2) is 49.8 Å². The summed E-state index contributed by atoms with van der Waals surface area (Å²) >= 11 is 0. The van der Waals surface area contributed by atoms with Gasteiger partial charge in [0.15, 0.2) is 0 Å². The smallest absolute Gasteiger partial charge is 0.244 e. The third kappa shape index (κ3) is 3.22. The predicted molar refractivity (Wildman–Crippen MR) is 83.9 cm³/mol. The fourth-order valence-electron chi connectivity index (χ4n) is 2.63.